The number of ether oxygens (including phenoxy) is 1. The van der Waals surface area contributed by atoms with Crippen molar-refractivity contribution >= 4 is 21.3 Å². The van der Waals surface area contributed by atoms with Crippen LogP contribution in [0.5, 0.6) is 11.6 Å². The Morgan fingerprint density at radius 3 is 2.67 bits per heavy atom. The summed E-state index contributed by atoms with van der Waals surface area (Å²) >= 11 is 0. The molecule has 0 bridgehead atoms. The van der Waals surface area contributed by atoms with Gasteiger partial charge in [-0.1, -0.05) is 30.4 Å². The van der Waals surface area contributed by atoms with Crippen molar-refractivity contribution in [3.8, 4) is 11.6 Å². The summed E-state index contributed by atoms with van der Waals surface area (Å²) in [5.41, 5.74) is 0.903. The number of nitrogens with zero attached hydrogens (tertiary/aromatic N) is 1. The molecule has 1 unspecified atom stereocenters. The number of aromatic nitrogens is 1. The average Bonchev–Trinajstić information content (AvgIpc) is 3.22. The quantitative estimate of drug-likeness (QED) is 0.710. The molecule has 0 spiro atoms. The Kier molecular flexibility index (Phi) is 6.66. The summed E-state index contributed by atoms with van der Waals surface area (Å²) in [6.07, 6.45) is 6.84. The lowest BCUT2D eigenvalue weighted by atomic mass is 10.1. The Balaban J connectivity index is 1.94. The van der Waals surface area contributed by atoms with E-state index in [0.717, 1.165) is 36.1 Å². The summed E-state index contributed by atoms with van der Waals surface area (Å²) in [6.45, 7) is 1.61. The largest absolute Gasteiger partial charge is 0.438 e. The standard InChI is InChI=1S/C22H23FN2O4S/c1-15(12-13-30(2,27)28)24-21(26)18-14-19(23)20(16-8-6-7-9-16)25-22(18)29-17-10-4-3-5-11-17/h3-5,8,10-15H,6-7,9H2,1-2H3,(H,24,26). The Morgan fingerprint density at radius 1 is 1.30 bits per heavy atom. The van der Waals surface area contributed by atoms with E-state index in [1.807, 2.05) is 12.1 Å². The fourth-order valence-corrected chi connectivity index (χ4v) is 3.54. The summed E-state index contributed by atoms with van der Waals surface area (Å²) in [7, 11) is -3.33. The number of carbonyl (C=O) groups excluding carboxylic acids is 1. The topological polar surface area (TPSA) is 85.4 Å². The molecule has 0 aliphatic heterocycles. The molecule has 158 valence electrons. The molecule has 1 heterocycles. The molecule has 30 heavy (non-hydrogen) atoms. The number of para-hydroxylation sites is 1. The van der Waals surface area contributed by atoms with Crippen LogP contribution < -0.4 is 10.1 Å². The maximum atomic E-state index is 14.8. The highest BCUT2D eigenvalue weighted by atomic mass is 32.2. The first-order chi connectivity index (χ1) is 14.2. The molecule has 0 radical (unpaired) electrons. The van der Waals surface area contributed by atoms with E-state index in [0.29, 0.717) is 12.2 Å². The Morgan fingerprint density at radius 2 is 2.03 bits per heavy atom. The van der Waals surface area contributed by atoms with Crippen molar-refractivity contribution in [2.45, 2.75) is 32.2 Å². The minimum atomic E-state index is -3.33. The fourth-order valence-electron chi connectivity index (χ4n) is 3.02. The first kappa shape index (κ1) is 21.7. The Hall–Kier alpha value is -3.00. The highest BCUT2D eigenvalue weighted by Crippen LogP contribution is 2.32. The SMILES string of the molecule is CC(C=CS(C)(=O)=O)NC(=O)c1cc(F)c(C2=CCCC2)nc1Oc1ccccc1. The van der Waals surface area contributed by atoms with Crippen molar-refractivity contribution in [3.05, 3.63) is 71.0 Å². The number of rotatable bonds is 7. The van der Waals surface area contributed by atoms with Crippen molar-refractivity contribution < 1.29 is 22.3 Å². The van der Waals surface area contributed by atoms with E-state index in [-0.39, 0.29) is 17.1 Å². The number of hydrogen-bond acceptors (Lipinski definition) is 5. The molecule has 1 aromatic heterocycles. The van der Waals surface area contributed by atoms with E-state index in [2.05, 4.69) is 10.3 Å². The second kappa shape index (κ2) is 9.21. The number of nitrogens with one attached hydrogen (secondary N) is 1. The lowest BCUT2D eigenvalue weighted by Crippen LogP contribution is -2.31. The second-order valence-corrected chi connectivity index (χ2v) is 9.06. The molecule has 1 aliphatic rings. The van der Waals surface area contributed by atoms with Crippen LogP contribution in [-0.4, -0.2) is 31.6 Å². The third-order valence-electron chi connectivity index (χ3n) is 4.46. The maximum Gasteiger partial charge on any atom is 0.257 e. The van der Waals surface area contributed by atoms with Gasteiger partial charge in [-0.15, -0.1) is 0 Å². The number of carbonyl (C=O) groups is 1. The van der Waals surface area contributed by atoms with Crippen molar-refractivity contribution in [1.82, 2.24) is 10.3 Å². The van der Waals surface area contributed by atoms with Gasteiger partial charge in [-0.05, 0) is 50.0 Å². The van der Waals surface area contributed by atoms with Gasteiger partial charge in [0.25, 0.3) is 5.91 Å². The molecule has 1 N–H and O–H groups in total. The summed E-state index contributed by atoms with van der Waals surface area (Å²) in [5.74, 6) is -0.776. The summed E-state index contributed by atoms with van der Waals surface area (Å²) in [6, 6.07) is 9.30. The predicted molar refractivity (Wildman–Crippen MR) is 113 cm³/mol. The van der Waals surface area contributed by atoms with E-state index in [1.54, 1.807) is 31.2 Å². The predicted octanol–water partition coefficient (Wildman–Crippen LogP) is 4.26. The third-order valence-corrected chi connectivity index (χ3v) is 5.11. The Labute approximate surface area is 175 Å². The molecule has 1 aromatic carbocycles. The first-order valence-corrected chi connectivity index (χ1v) is 11.5. The number of sulfone groups is 1. The van der Waals surface area contributed by atoms with Crippen LogP contribution in [0.4, 0.5) is 4.39 Å². The van der Waals surface area contributed by atoms with E-state index in [4.69, 9.17) is 4.74 Å². The normalized spacial score (nSPS) is 15.1. The molecule has 8 heteroatoms. The van der Waals surface area contributed by atoms with Crippen LogP contribution in [0.25, 0.3) is 5.57 Å². The van der Waals surface area contributed by atoms with Crippen molar-refractivity contribution in [3.63, 3.8) is 0 Å². The second-order valence-electron chi connectivity index (χ2n) is 7.13. The van der Waals surface area contributed by atoms with E-state index >= 15 is 0 Å². The molecular formula is C22H23FN2O4S. The first-order valence-electron chi connectivity index (χ1n) is 9.55. The van der Waals surface area contributed by atoms with Crippen LogP contribution in [0, 0.1) is 5.82 Å². The molecular weight excluding hydrogens is 407 g/mol. The molecule has 2 aromatic rings. The number of benzene rings is 1. The van der Waals surface area contributed by atoms with E-state index in [1.165, 1.54) is 6.08 Å². The van der Waals surface area contributed by atoms with Gasteiger partial charge < -0.3 is 10.1 Å². The average molecular weight is 431 g/mol. The van der Waals surface area contributed by atoms with Crippen LogP contribution in [0.2, 0.25) is 0 Å². The number of pyridine rings is 1. The summed E-state index contributed by atoms with van der Waals surface area (Å²) in [4.78, 5) is 17.1. The van der Waals surface area contributed by atoms with Gasteiger partial charge in [0.05, 0.1) is 0 Å². The molecule has 0 saturated carbocycles. The van der Waals surface area contributed by atoms with Crippen LogP contribution in [-0.2, 0) is 9.84 Å². The summed E-state index contributed by atoms with van der Waals surface area (Å²) < 4.78 is 43.1. The van der Waals surface area contributed by atoms with Gasteiger partial charge in [0.15, 0.2) is 9.84 Å². The zero-order chi connectivity index (χ0) is 21.7. The van der Waals surface area contributed by atoms with E-state index < -0.39 is 27.6 Å². The number of halogens is 1. The zero-order valence-electron chi connectivity index (χ0n) is 16.8. The van der Waals surface area contributed by atoms with Gasteiger partial charge in [-0.25, -0.2) is 17.8 Å². The Bertz CT molecular complexity index is 1100. The lowest BCUT2D eigenvalue weighted by Gasteiger charge is -2.15. The van der Waals surface area contributed by atoms with E-state index in [9.17, 15) is 17.6 Å². The molecule has 1 amide bonds. The van der Waals surface area contributed by atoms with Crippen molar-refractivity contribution in [2.24, 2.45) is 0 Å². The minimum Gasteiger partial charge on any atom is -0.438 e. The third kappa shape index (κ3) is 5.76. The van der Waals surface area contributed by atoms with Gasteiger partial charge in [-0.2, -0.15) is 0 Å². The number of amides is 1. The highest BCUT2D eigenvalue weighted by molar-refractivity contribution is 7.93. The molecule has 6 nitrogen and oxygen atoms in total. The van der Waals surface area contributed by atoms with Crippen molar-refractivity contribution in [1.29, 1.82) is 0 Å². The molecule has 1 atom stereocenters. The summed E-state index contributed by atoms with van der Waals surface area (Å²) in [5, 5.41) is 3.63. The lowest BCUT2D eigenvalue weighted by molar-refractivity contribution is 0.0943. The molecule has 0 saturated heterocycles. The van der Waals surface area contributed by atoms with Crippen LogP contribution in [0.1, 0.15) is 42.2 Å². The maximum absolute atomic E-state index is 14.8. The molecule has 1 aliphatic carbocycles. The zero-order valence-corrected chi connectivity index (χ0v) is 17.6. The van der Waals surface area contributed by atoms with Gasteiger partial charge in [-0.3, -0.25) is 4.79 Å². The van der Waals surface area contributed by atoms with Crippen molar-refractivity contribution in [2.75, 3.05) is 6.26 Å². The number of allylic oxidation sites excluding steroid dienone is 2. The highest BCUT2D eigenvalue weighted by Gasteiger charge is 2.23. The van der Waals surface area contributed by atoms with Crippen LogP contribution in [0.3, 0.4) is 0 Å². The molecule has 0 fully saturated rings. The van der Waals surface area contributed by atoms with Gasteiger partial charge in [0, 0.05) is 17.7 Å². The molecule has 3 rings (SSSR count). The monoisotopic (exact) mass is 430 g/mol. The van der Waals surface area contributed by atoms with Gasteiger partial charge in [0.1, 0.15) is 22.8 Å². The minimum absolute atomic E-state index is 0.0119. The van der Waals surface area contributed by atoms with Crippen LogP contribution >= 0.6 is 0 Å². The van der Waals surface area contributed by atoms with Gasteiger partial charge in [0.2, 0.25) is 5.88 Å². The smallest absolute Gasteiger partial charge is 0.257 e. The fraction of sp³-hybridized carbons (Fsp3) is 0.273. The van der Waals surface area contributed by atoms with Gasteiger partial charge >= 0.3 is 0 Å². The number of hydrogen-bond donors (Lipinski definition) is 1. The van der Waals surface area contributed by atoms with Crippen LogP contribution in [0.15, 0.2) is 54.0 Å².